The number of hydrogen-bond acceptors (Lipinski definition) is 2. The maximum atomic E-state index is 9.28. The van der Waals surface area contributed by atoms with Crippen LogP contribution in [0.25, 0.3) is 0 Å². The Balaban J connectivity index is 5.21. The van der Waals surface area contributed by atoms with Crippen LogP contribution in [0.3, 0.4) is 0 Å². The molecule has 14 heavy (non-hydrogen) atoms. The molecule has 0 aromatic heterocycles. The zero-order chi connectivity index (χ0) is 11.6. The molecule has 0 unspecified atom stereocenters. The Morgan fingerprint density at radius 2 is 1.29 bits per heavy atom. The van der Waals surface area contributed by atoms with Crippen molar-refractivity contribution in [2.75, 3.05) is 0 Å². The van der Waals surface area contributed by atoms with Crippen molar-refractivity contribution in [3.8, 4) is 0 Å². The summed E-state index contributed by atoms with van der Waals surface area (Å²) in [5.41, 5.74) is -0.624. The van der Waals surface area contributed by atoms with Crippen LogP contribution in [-0.2, 0) is 4.89 Å². The van der Waals surface area contributed by atoms with E-state index in [1.165, 1.54) is 0 Å². The average Bonchev–Trinajstić information content (AvgIpc) is 1.94. The van der Waals surface area contributed by atoms with E-state index in [0.29, 0.717) is 0 Å². The van der Waals surface area contributed by atoms with E-state index >= 15 is 0 Å². The fourth-order valence-electron chi connectivity index (χ4n) is 2.55. The van der Waals surface area contributed by atoms with Gasteiger partial charge in [0.05, 0.1) is 0 Å². The van der Waals surface area contributed by atoms with Crippen LogP contribution in [0.2, 0.25) is 0 Å². The molecule has 2 heteroatoms. The van der Waals surface area contributed by atoms with Gasteiger partial charge in [0, 0.05) is 0 Å². The molecule has 0 aliphatic heterocycles. The molecule has 0 heterocycles. The SMILES string of the molecule is CCCC(OO)(C(C)(C)C)C(C)(C)C. The van der Waals surface area contributed by atoms with E-state index < -0.39 is 5.60 Å². The summed E-state index contributed by atoms with van der Waals surface area (Å²) in [5, 5.41) is 9.28. The Kier molecular flexibility index (Phi) is 4.17. The minimum absolute atomic E-state index is 0.0734. The Bertz CT molecular complexity index is 158. The summed E-state index contributed by atoms with van der Waals surface area (Å²) in [6, 6.07) is 0. The van der Waals surface area contributed by atoms with E-state index in [4.69, 9.17) is 4.89 Å². The van der Waals surface area contributed by atoms with Crippen molar-refractivity contribution in [1.29, 1.82) is 0 Å². The maximum absolute atomic E-state index is 9.28. The molecule has 0 radical (unpaired) electrons. The lowest BCUT2D eigenvalue weighted by molar-refractivity contribution is -0.378. The van der Waals surface area contributed by atoms with Crippen molar-refractivity contribution in [1.82, 2.24) is 0 Å². The highest BCUT2D eigenvalue weighted by Crippen LogP contribution is 2.49. The molecule has 0 saturated heterocycles. The smallest absolute Gasteiger partial charge is 0.113 e. The van der Waals surface area contributed by atoms with Crippen LogP contribution in [0.15, 0.2) is 0 Å². The normalized spacial score (nSPS) is 14.6. The van der Waals surface area contributed by atoms with E-state index in [-0.39, 0.29) is 10.8 Å². The average molecular weight is 202 g/mol. The first kappa shape index (κ1) is 13.9. The lowest BCUT2D eigenvalue weighted by Gasteiger charge is -2.50. The summed E-state index contributed by atoms with van der Waals surface area (Å²) >= 11 is 0. The molecule has 0 amide bonds. The van der Waals surface area contributed by atoms with Gasteiger partial charge in [0.15, 0.2) is 0 Å². The largest absolute Gasteiger partial charge is 0.251 e. The Labute approximate surface area is 88.6 Å². The zero-order valence-electron chi connectivity index (χ0n) is 10.8. The van der Waals surface area contributed by atoms with Crippen molar-refractivity contribution in [2.24, 2.45) is 10.8 Å². The molecule has 0 atom stereocenters. The summed E-state index contributed by atoms with van der Waals surface area (Å²) in [7, 11) is 0. The molecule has 86 valence electrons. The van der Waals surface area contributed by atoms with E-state index in [2.05, 4.69) is 48.5 Å². The number of hydrogen-bond donors (Lipinski definition) is 1. The van der Waals surface area contributed by atoms with Gasteiger partial charge in [0.2, 0.25) is 0 Å². The highest BCUT2D eigenvalue weighted by Gasteiger charge is 2.51. The second-order valence-corrected chi connectivity index (χ2v) is 6.17. The predicted octanol–water partition coefficient (Wildman–Crippen LogP) is 4.11. The van der Waals surface area contributed by atoms with Gasteiger partial charge in [-0.25, -0.2) is 4.89 Å². The van der Waals surface area contributed by atoms with E-state index in [1.54, 1.807) is 0 Å². The van der Waals surface area contributed by atoms with Gasteiger partial charge in [-0.1, -0.05) is 54.9 Å². The topological polar surface area (TPSA) is 29.5 Å². The van der Waals surface area contributed by atoms with Crippen LogP contribution in [0.1, 0.15) is 61.3 Å². The van der Waals surface area contributed by atoms with Gasteiger partial charge < -0.3 is 0 Å². The maximum Gasteiger partial charge on any atom is 0.113 e. The van der Waals surface area contributed by atoms with Crippen LogP contribution >= 0.6 is 0 Å². The number of rotatable bonds is 3. The second-order valence-electron chi connectivity index (χ2n) is 6.17. The lowest BCUT2D eigenvalue weighted by Crippen LogP contribution is -2.54. The fraction of sp³-hybridized carbons (Fsp3) is 1.00. The van der Waals surface area contributed by atoms with E-state index in [1.807, 2.05) is 0 Å². The molecule has 0 aromatic carbocycles. The van der Waals surface area contributed by atoms with Crippen molar-refractivity contribution < 1.29 is 10.1 Å². The third-order valence-corrected chi connectivity index (χ3v) is 3.18. The van der Waals surface area contributed by atoms with Crippen LogP contribution < -0.4 is 0 Å². The second kappa shape index (κ2) is 4.19. The van der Waals surface area contributed by atoms with Crippen LogP contribution in [0, 0.1) is 10.8 Å². The quantitative estimate of drug-likeness (QED) is 0.551. The Morgan fingerprint density at radius 1 is 0.929 bits per heavy atom. The monoisotopic (exact) mass is 202 g/mol. The summed E-state index contributed by atoms with van der Waals surface area (Å²) in [4.78, 5) is 4.91. The molecular formula is C12H26O2. The van der Waals surface area contributed by atoms with Crippen LogP contribution in [0.4, 0.5) is 0 Å². The molecule has 0 fully saturated rings. The van der Waals surface area contributed by atoms with Gasteiger partial charge in [-0.15, -0.1) is 0 Å². The molecule has 2 nitrogen and oxygen atoms in total. The van der Waals surface area contributed by atoms with Gasteiger partial charge in [0.25, 0.3) is 0 Å². The first-order valence-corrected chi connectivity index (χ1v) is 5.45. The molecule has 0 aliphatic rings. The Hall–Kier alpha value is -0.0800. The molecule has 0 spiro atoms. The lowest BCUT2D eigenvalue weighted by atomic mass is 9.61. The van der Waals surface area contributed by atoms with Gasteiger partial charge in [-0.2, -0.15) is 0 Å². The summed E-state index contributed by atoms with van der Waals surface area (Å²) < 4.78 is 0. The molecule has 0 rings (SSSR count). The molecule has 0 aliphatic carbocycles. The zero-order valence-corrected chi connectivity index (χ0v) is 10.8. The predicted molar refractivity (Wildman–Crippen MR) is 60.3 cm³/mol. The molecule has 0 aromatic rings. The van der Waals surface area contributed by atoms with E-state index in [0.717, 1.165) is 12.8 Å². The third kappa shape index (κ3) is 2.29. The summed E-state index contributed by atoms with van der Waals surface area (Å²) in [6.45, 7) is 14.8. The first-order chi connectivity index (χ1) is 6.12. The highest BCUT2D eigenvalue weighted by atomic mass is 17.1. The molecule has 0 saturated carbocycles. The molecule has 0 bridgehead atoms. The first-order valence-electron chi connectivity index (χ1n) is 5.45. The van der Waals surface area contributed by atoms with Crippen LogP contribution in [0.5, 0.6) is 0 Å². The van der Waals surface area contributed by atoms with Crippen molar-refractivity contribution in [3.05, 3.63) is 0 Å². The summed E-state index contributed by atoms with van der Waals surface area (Å²) in [5.74, 6) is 0. The highest BCUT2D eigenvalue weighted by molar-refractivity contribution is 4.99. The van der Waals surface area contributed by atoms with Gasteiger partial charge in [-0.05, 0) is 17.3 Å². The van der Waals surface area contributed by atoms with Crippen molar-refractivity contribution in [2.45, 2.75) is 66.9 Å². The van der Waals surface area contributed by atoms with Crippen LogP contribution in [-0.4, -0.2) is 10.9 Å². The summed E-state index contributed by atoms with van der Waals surface area (Å²) in [6.07, 6.45) is 1.88. The minimum Gasteiger partial charge on any atom is -0.251 e. The fourth-order valence-corrected chi connectivity index (χ4v) is 2.55. The third-order valence-electron chi connectivity index (χ3n) is 3.18. The van der Waals surface area contributed by atoms with Gasteiger partial charge in [0.1, 0.15) is 5.60 Å². The van der Waals surface area contributed by atoms with Crippen molar-refractivity contribution in [3.63, 3.8) is 0 Å². The van der Waals surface area contributed by atoms with Crippen molar-refractivity contribution >= 4 is 0 Å². The molecular weight excluding hydrogens is 176 g/mol. The minimum atomic E-state index is -0.477. The molecule has 1 N–H and O–H groups in total. The Morgan fingerprint density at radius 3 is 1.36 bits per heavy atom. The van der Waals surface area contributed by atoms with Gasteiger partial charge in [-0.3, -0.25) is 5.26 Å². The van der Waals surface area contributed by atoms with Gasteiger partial charge >= 0.3 is 0 Å². The standard InChI is InChI=1S/C12H26O2/c1-8-9-12(14-13,10(2,3)4)11(5,6)7/h13H,8-9H2,1-7H3. The van der Waals surface area contributed by atoms with E-state index in [9.17, 15) is 5.26 Å².